The van der Waals surface area contributed by atoms with Crippen molar-refractivity contribution in [2.24, 2.45) is 5.92 Å². The third-order valence-corrected chi connectivity index (χ3v) is 4.11. The molecule has 0 bridgehead atoms. The number of fused-ring (bicyclic) bond motifs is 2. The van der Waals surface area contributed by atoms with Gasteiger partial charge in [0.25, 0.3) is 0 Å². The smallest absolute Gasteiger partial charge is 0.309 e. The number of phenolic OH excluding ortho intramolecular Hbond substituents is 1. The molecule has 1 N–H and O–H groups in total. The second-order valence-corrected chi connectivity index (χ2v) is 4.87. The van der Waals surface area contributed by atoms with Crippen LogP contribution < -0.4 is 0 Å². The Hall–Kier alpha value is -1.58. The van der Waals surface area contributed by atoms with Crippen molar-refractivity contribution in [1.29, 1.82) is 0 Å². The Bertz CT molecular complexity index is 512. The monoisotopic (exact) mass is 236 g/mol. The predicted octanol–water partition coefficient (Wildman–Crippen LogP) is 1.91. The fourth-order valence-corrected chi connectivity index (χ4v) is 3.14. The molecule has 2 aliphatic carbocycles. The van der Waals surface area contributed by atoms with Crippen LogP contribution in [0.4, 0.5) is 4.39 Å². The molecule has 1 fully saturated rings. The summed E-state index contributed by atoms with van der Waals surface area (Å²) in [6, 6.07) is 3.12. The number of benzene rings is 1. The topological polar surface area (TPSA) is 46.5 Å². The lowest BCUT2D eigenvalue weighted by Crippen LogP contribution is -2.15. The minimum atomic E-state index is -0.564. The highest BCUT2D eigenvalue weighted by molar-refractivity contribution is 5.80. The molecule has 2 atom stereocenters. The Kier molecular flexibility index (Phi) is 2.00. The normalized spacial score (nSPS) is 29.2. The number of carbonyl (C=O) groups excluding carboxylic acids is 1. The number of halogens is 1. The number of esters is 1. The van der Waals surface area contributed by atoms with Crippen LogP contribution in [0.25, 0.3) is 0 Å². The summed E-state index contributed by atoms with van der Waals surface area (Å²) in [5, 5.41) is 9.43. The Morgan fingerprint density at radius 3 is 3.06 bits per heavy atom. The van der Waals surface area contributed by atoms with E-state index < -0.39 is 11.2 Å². The lowest BCUT2D eigenvalue weighted by atomic mass is 9.94. The first kappa shape index (κ1) is 10.6. The van der Waals surface area contributed by atoms with Crippen LogP contribution in [-0.2, 0) is 21.4 Å². The van der Waals surface area contributed by atoms with Crippen LogP contribution in [0.15, 0.2) is 12.1 Å². The Morgan fingerprint density at radius 1 is 1.59 bits per heavy atom. The molecule has 1 spiro atoms. The number of phenols is 1. The molecular weight excluding hydrogens is 223 g/mol. The van der Waals surface area contributed by atoms with Gasteiger partial charge in [0.2, 0.25) is 0 Å². The zero-order valence-electron chi connectivity index (χ0n) is 9.50. The van der Waals surface area contributed by atoms with E-state index in [2.05, 4.69) is 0 Å². The van der Waals surface area contributed by atoms with Crippen molar-refractivity contribution in [1.82, 2.24) is 0 Å². The molecule has 1 aromatic carbocycles. The maximum atomic E-state index is 14.0. The number of methoxy groups -OCH3 is 1. The van der Waals surface area contributed by atoms with Crippen LogP contribution in [0.1, 0.15) is 24.0 Å². The minimum absolute atomic E-state index is 0.245. The first-order valence-electron chi connectivity index (χ1n) is 5.69. The van der Waals surface area contributed by atoms with E-state index in [0.29, 0.717) is 12.0 Å². The summed E-state index contributed by atoms with van der Waals surface area (Å²) in [7, 11) is 1.35. The van der Waals surface area contributed by atoms with Crippen molar-refractivity contribution < 1.29 is 19.0 Å². The van der Waals surface area contributed by atoms with Gasteiger partial charge in [0.05, 0.1) is 13.0 Å². The van der Waals surface area contributed by atoms with Crippen LogP contribution >= 0.6 is 0 Å². The molecule has 90 valence electrons. The van der Waals surface area contributed by atoms with Gasteiger partial charge >= 0.3 is 5.97 Å². The number of hydrogen-bond acceptors (Lipinski definition) is 3. The molecule has 3 rings (SSSR count). The molecule has 0 saturated heterocycles. The van der Waals surface area contributed by atoms with E-state index in [1.807, 2.05) is 0 Å². The summed E-state index contributed by atoms with van der Waals surface area (Å²) in [4.78, 5) is 11.5. The average molecular weight is 236 g/mol. The van der Waals surface area contributed by atoms with Crippen molar-refractivity contribution in [3.05, 3.63) is 29.1 Å². The van der Waals surface area contributed by atoms with E-state index in [1.165, 1.54) is 13.2 Å². The molecule has 4 heteroatoms. The van der Waals surface area contributed by atoms with E-state index in [9.17, 15) is 14.3 Å². The van der Waals surface area contributed by atoms with E-state index >= 15 is 0 Å². The molecule has 0 unspecified atom stereocenters. The maximum Gasteiger partial charge on any atom is 0.309 e. The number of aromatic hydroxyl groups is 1. The van der Waals surface area contributed by atoms with Gasteiger partial charge in [0, 0.05) is 11.0 Å². The van der Waals surface area contributed by atoms with Gasteiger partial charge in [-0.1, -0.05) is 6.07 Å². The van der Waals surface area contributed by atoms with Crippen LogP contribution in [-0.4, -0.2) is 18.2 Å². The predicted molar refractivity (Wildman–Crippen MR) is 58.2 cm³/mol. The number of hydrogen-bond donors (Lipinski definition) is 1. The average Bonchev–Trinajstić information content (AvgIpc) is 2.92. The van der Waals surface area contributed by atoms with Crippen molar-refractivity contribution >= 4 is 5.97 Å². The van der Waals surface area contributed by atoms with E-state index in [0.717, 1.165) is 18.4 Å². The lowest BCUT2D eigenvalue weighted by Gasteiger charge is -2.12. The van der Waals surface area contributed by atoms with E-state index in [-0.39, 0.29) is 17.6 Å². The molecule has 0 radical (unpaired) electrons. The van der Waals surface area contributed by atoms with E-state index in [1.54, 1.807) is 6.07 Å². The Balaban J connectivity index is 2.06. The van der Waals surface area contributed by atoms with Gasteiger partial charge in [-0.2, -0.15) is 0 Å². The highest BCUT2D eigenvalue weighted by atomic mass is 19.1. The quantitative estimate of drug-likeness (QED) is 0.757. The summed E-state index contributed by atoms with van der Waals surface area (Å²) >= 11 is 0. The third-order valence-electron chi connectivity index (χ3n) is 4.11. The van der Waals surface area contributed by atoms with Crippen molar-refractivity contribution in [2.45, 2.75) is 24.7 Å². The van der Waals surface area contributed by atoms with Crippen molar-refractivity contribution in [2.75, 3.05) is 7.11 Å². The van der Waals surface area contributed by atoms with Crippen LogP contribution in [0, 0.1) is 11.7 Å². The number of aryl methyl sites for hydroxylation is 1. The summed E-state index contributed by atoms with van der Waals surface area (Å²) in [5.74, 6) is -1.42. The second-order valence-electron chi connectivity index (χ2n) is 4.87. The molecule has 0 aliphatic heterocycles. The highest BCUT2D eigenvalue weighted by Crippen LogP contribution is 2.63. The van der Waals surface area contributed by atoms with Gasteiger partial charge in [0.15, 0.2) is 11.6 Å². The fourth-order valence-electron chi connectivity index (χ4n) is 3.14. The Morgan fingerprint density at radius 2 is 2.35 bits per heavy atom. The summed E-state index contributed by atoms with van der Waals surface area (Å²) in [6.07, 6.45) is 2.16. The summed E-state index contributed by atoms with van der Waals surface area (Å²) in [5.41, 5.74) is 1.03. The summed E-state index contributed by atoms with van der Waals surface area (Å²) in [6.45, 7) is 0. The number of carbonyl (C=O) groups is 1. The van der Waals surface area contributed by atoms with Crippen molar-refractivity contribution in [3.63, 3.8) is 0 Å². The SMILES string of the molecule is COC(=O)[C@@H]1C[C@]12CCc1ccc(O)c(F)c12. The first-order valence-corrected chi connectivity index (χ1v) is 5.69. The molecule has 1 saturated carbocycles. The molecule has 0 heterocycles. The number of ether oxygens (including phenoxy) is 1. The zero-order chi connectivity index (χ0) is 12.2. The third kappa shape index (κ3) is 1.24. The van der Waals surface area contributed by atoms with Gasteiger partial charge < -0.3 is 9.84 Å². The Labute approximate surface area is 98.2 Å². The van der Waals surface area contributed by atoms with Gasteiger partial charge in [0.1, 0.15) is 0 Å². The fraction of sp³-hybridized carbons (Fsp3) is 0.462. The summed E-state index contributed by atoms with van der Waals surface area (Å²) < 4.78 is 18.7. The van der Waals surface area contributed by atoms with Gasteiger partial charge in [-0.15, -0.1) is 0 Å². The molecular formula is C13H13FO3. The molecule has 2 aliphatic rings. The first-order chi connectivity index (χ1) is 8.10. The minimum Gasteiger partial charge on any atom is -0.505 e. The van der Waals surface area contributed by atoms with Gasteiger partial charge in [-0.25, -0.2) is 4.39 Å². The molecule has 0 aromatic heterocycles. The van der Waals surface area contributed by atoms with Gasteiger partial charge in [-0.05, 0) is 30.9 Å². The molecule has 17 heavy (non-hydrogen) atoms. The molecule has 1 aromatic rings. The van der Waals surface area contributed by atoms with Crippen LogP contribution in [0.2, 0.25) is 0 Å². The second kappa shape index (κ2) is 3.22. The van der Waals surface area contributed by atoms with Crippen LogP contribution in [0.3, 0.4) is 0 Å². The van der Waals surface area contributed by atoms with E-state index in [4.69, 9.17) is 4.74 Å². The zero-order valence-corrected chi connectivity index (χ0v) is 9.50. The highest BCUT2D eigenvalue weighted by Gasteiger charge is 2.63. The molecule has 3 nitrogen and oxygen atoms in total. The van der Waals surface area contributed by atoms with Crippen LogP contribution in [0.5, 0.6) is 5.75 Å². The molecule has 0 amide bonds. The van der Waals surface area contributed by atoms with Gasteiger partial charge in [-0.3, -0.25) is 4.79 Å². The number of rotatable bonds is 1. The van der Waals surface area contributed by atoms with Crippen molar-refractivity contribution in [3.8, 4) is 5.75 Å². The maximum absolute atomic E-state index is 14.0. The standard InChI is InChI=1S/C13H13FO3/c1-17-12(16)8-6-13(8)5-4-7-2-3-9(15)11(14)10(7)13/h2-3,8,15H,4-6H2,1H3/t8-,13+/m0/s1. The largest absolute Gasteiger partial charge is 0.505 e. The lowest BCUT2D eigenvalue weighted by molar-refractivity contribution is -0.142.